The Hall–Kier alpha value is -1.56. The van der Waals surface area contributed by atoms with Crippen molar-refractivity contribution in [1.82, 2.24) is 13.1 Å². The first-order valence-electron chi connectivity index (χ1n) is 5.69. The van der Waals surface area contributed by atoms with Crippen LogP contribution in [0.25, 0.3) is 11.0 Å². The molecule has 0 saturated carbocycles. The topological polar surface area (TPSA) is 87.0 Å². The van der Waals surface area contributed by atoms with Crippen LogP contribution in [0.4, 0.5) is 0 Å². The maximum atomic E-state index is 12.5. The van der Waals surface area contributed by atoms with Crippen molar-refractivity contribution in [3.63, 3.8) is 0 Å². The van der Waals surface area contributed by atoms with Crippen molar-refractivity contribution < 1.29 is 8.42 Å². The molecule has 0 saturated heterocycles. The van der Waals surface area contributed by atoms with Crippen LogP contribution in [0.15, 0.2) is 23.1 Å². The summed E-state index contributed by atoms with van der Waals surface area (Å²) in [5, 5.41) is 8.76. The van der Waals surface area contributed by atoms with Crippen molar-refractivity contribution in [3.8, 4) is 6.07 Å². The van der Waals surface area contributed by atoms with E-state index in [1.54, 1.807) is 12.1 Å². The van der Waals surface area contributed by atoms with Gasteiger partial charge >= 0.3 is 0 Å². The molecule has 2 aromatic rings. The van der Waals surface area contributed by atoms with Gasteiger partial charge in [0, 0.05) is 6.54 Å². The second-order valence-corrected chi connectivity index (χ2v) is 6.32. The minimum absolute atomic E-state index is 0.113. The fourth-order valence-electron chi connectivity index (χ4n) is 1.74. The molecule has 0 unspecified atom stereocenters. The van der Waals surface area contributed by atoms with Gasteiger partial charge < -0.3 is 0 Å². The zero-order valence-corrected chi connectivity index (χ0v) is 11.9. The van der Waals surface area contributed by atoms with Crippen LogP contribution >= 0.6 is 11.7 Å². The van der Waals surface area contributed by atoms with Crippen molar-refractivity contribution in [3.05, 3.63) is 18.2 Å². The molecule has 19 heavy (non-hydrogen) atoms. The van der Waals surface area contributed by atoms with E-state index in [1.165, 1.54) is 10.4 Å². The second kappa shape index (κ2) is 5.61. The van der Waals surface area contributed by atoms with Crippen LogP contribution in [-0.2, 0) is 10.0 Å². The third-order valence-electron chi connectivity index (χ3n) is 2.59. The van der Waals surface area contributed by atoms with Crippen LogP contribution in [0.1, 0.15) is 13.3 Å². The quantitative estimate of drug-likeness (QED) is 0.782. The number of sulfonamides is 1. The van der Waals surface area contributed by atoms with Gasteiger partial charge in [0.2, 0.25) is 10.0 Å². The summed E-state index contributed by atoms with van der Waals surface area (Å²) in [6, 6.07) is 6.73. The zero-order valence-electron chi connectivity index (χ0n) is 10.3. The van der Waals surface area contributed by atoms with Gasteiger partial charge in [-0.2, -0.15) is 18.3 Å². The summed E-state index contributed by atoms with van der Waals surface area (Å²) in [6.07, 6.45) is 0.645. The van der Waals surface area contributed by atoms with E-state index in [0.29, 0.717) is 24.0 Å². The Morgan fingerprint density at radius 1 is 1.42 bits per heavy atom. The van der Waals surface area contributed by atoms with Gasteiger partial charge in [-0.1, -0.05) is 13.0 Å². The maximum Gasteiger partial charge on any atom is 0.246 e. The third-order valence-corrected chi connectivity index (χ3v) is 5.01. The predicted molar refractivity (Wildman–Crippen MR) is 72.1 cm³/mol. The number of nitriles is 1. The number of fused-ring (bicyclic) bond motifs is 1. The van der Waals surface area contributed by atoms with Crippen LogP contribution in [-0.4, -0.2) is 34.6 Å². The molecule has 0 radical (unpaired) electrons. The largest absolute Gasteiger partial charge is 0.246 e. The van der Waals surface area contributed by atoms with Crippen LogP contribution in [0.2, 0.25) is 0 Å². The second-order valence-electron chi connectivity index (χ2n) is 3.88. The molecule has 100 valence electrons. The van der Waals surface area contributed by atoms with E-state index < -0.39 is 10.0 Å². The monoisotopic (exact) mass is 296 g/mol. The normalized spacial score (nSPS) is 11.8. The van der Waals surface area contributed by atoms with E-state index >= 15 is 0 Å². The molecule has 1 aromatic carbocycles. The lowest BCUT2D eigenvalue weighted by molar-refractivity contribution is 0.445. The predicted octanol–water partition coefficient (Wildman–Crippen LogP) is 1.62. The van der Waals surface area contributed by atoms with E-state index in [-0.39, 0.29) is 11.4 Å². The summed E-state index contributed by atoms with van der Waals surface area (Å²) in [6.45, 7) is 2.01. The van der Waals surface area contributed by atoms with Gasteiger partial charge in [0.15, 0.2) is 0 Å². The third kappa shape index (κ3) is 2.58. The fraction of sp³-hybridized carbons (Fsp3) is 0.364. The molecule has 0 aliphatic heterocycles. The van der Waals surface area contributed by atoms with Crippen molar-refractivity contribution in [2.75, 3.05) is 13.1 Å². The van der Waals surface area contributed by atoms with E-state index in [9.17, 15) is 8.42 Å². The number of benzene rings is 1. The highest BCUT2D eigenvalue weighted by Gasteiger charge is 2.26. The van der Waals surface area contributed by atoms with Crippen molar-refractivity contribution in [2.24, 2.45) is 0 Å². The molecular formula is C11H12N4O2S2. The van der Waals surface area contributed by atoms with Crippen molar-refractivity contribution in [1.29, 1.82) is 5.26 Å². The smallest absolute Gasteiger partial charge is 0.207 e. The number of hydrogen-bond donors (Lipinski definition) is 0. The summed E-state index contributed by atoms with van der Waals surface area (Å²) < 4.78 is 34.3. The van der Waals surface area contributed by atoms with Gasteiger partial charge in [-0.25, -0.2) is 8.42 Å². The molecule has 0 N–H and O–H groups in total. The zero-order chi connectivity index (χ0) is 13.9. The van der Waals surface area contributed by atoms with Gasteiger partial charge in [0.05, 0.1) is 17.8 Å². The summed E-state index contributed by atoms with van der Waals surface area (Å²) in [5.41, 5.74) is 0.922. The Bertz CT molecular complexity index is 718. The van der Waals surface area contributed by atoms with Gasteiger partial charge in [-0.15, -0.1) is 0 Å². The lowest BCUT2D eigenvalue weighted by Gasteiger charge is -2.18. The van der Waals surface area contributed by atoms with Crippen LogP contribution < -0.4 is 0 Å². The first kappa shape index (κ1) is 13.9. The van der Waals surface area contributed by atoms with Gasteiger partial charge in [0.1, 0.15) is 22.5 Å². The van der Waals surface area contributed by atoms with Gasteiger partial charge in [0.25, 0.3) is 0 Å². The molecule has 0 bridgehead atoms. The lowest BCUT2D eigenvalue weighted by atomic mass is 10.3. The Kier molecular flexibility index (Phi) is 4.09. The average Bonchev–Trinajstić information content (AvgIpc) is 2.86. The highest BCUT2D eigenvalue weighted by Crippen LogP contribution is 2.24. The SMILES string of the molecule is CCCN(CC#N)S(=O)(=O)c1cccc2nsnc12. The van der Waals surface area contributed by atoms with Crippen LogP contribution in [0, 0.1) is 11.3 Å². The molecule has 8 heteroatoms. The number of nitrogens with zero attached hydrogens (tertiary/aromatic N) is 4. The Morgan fingerprint density at radius 2 is 2.21 bits per heavy atom. The molecule has 0 aliphatic rings. The van der Waals surface area contributed by atoms with Crippen LogP contribution in [0.3, 0.4) is 0 Å². The van der Waals surface area contributed by atoms with Crippen LogP contribution in [0.5, 0.6) is 0 Å². The average molecular weight is 296 g/mol. The molecule has 0 fully saturated rings. The lowest BCUT2D eigenvalue weighted by Crippen LogP contribution is -2.32. The molecular weight excluding hydrogens is 284 g/mol. The van der Waals surface area contributed by atoms with Crippen molar-refractivity contribution in [2.45, 2.75) is 18.2 Å². The summed E-state index contributed by atoms with van der Waals surface area (Å²) >= 11 is 0.974. The first-order valence-corrected chi connectivity index (χ1v) is 7.86. The number of hydrogen-bond acceptors (Lipinski definition) is 6. The maximum absolute atomic E-state index is 12.5. The molecule has 6 nitrogen and oxygen atoms in total. The number of rotatable bonds is 5. The van der Waals surface area contributed by atoms with E-state index in [1.807, 2.05) is 13.0 Å². The fourth-order valence-corrected chi connectivity index (χ4v) is 3.92. The summed E-state index contributed by atoms with van der Waals surface area (Å²) in [5.74, 6) is 0. The molecule has 1 heterocycles. The molecule has 0 amide bonds. The van der Waals surface area contributed by atoms with Crippen molar-refractivity contribution >= 4 is 32.8 Å². The Morgan fingerprint density at radius 3 is 2.89 bits per heavy atom. The summed E-state index contributed by atoms with van der Waals surface area (Å²) in [7, 11) is -3.71. The molecule has 0 spiro atoms. The minimum atomic E-state index is -3.71. The van der Waals surface area contributed by atoms with E-state index in [0.717, 1.165) is 11.7 Å². The highest BCUT2D eigenvalue weighted by molar-refractivity contribution is 7.89. The van der Waals surface area contributed by atoms with Gasteiger partial charge in [-0.3, -0.25) is 0 Å². The molecule has 2 rings (SSSR count). The molecule has 0 aliphatic carbocycles. The van der Waals surface area contributed by atoms with Gasteiger partial charge in [-0.05, 0) is 18.6 Å². The van der Waals surface area contributed by atoms with E-state index in [4.69, 9.17) is 5.26 Å². The standard InChI is InChI=1S/C11H12N4O2S2/c1-2-7-15(8-6-12)19(16,17)10-5-3-4-9-11(10)14-18-13-9/h3-5H,2,7-8H2,1H3. The molecule has 1 aromatic heterocycles. The molecule has 0 atom stereocenters. The first-order chi connectivity index (χ1) is 9.11. The Balaban J connectivity index is 2.54. The highest BCUT2D eigenvalue weighted by atomic mass is 32.2. The minimum Gasteiger partial charge on any atom is -0.207 e. The number of aromatic nitrogens is 2. The van der Waals surface area contributed by atoms with E-state index in [2.05, 4.69) is 8.75 Å². The Labute approximate surface area is 115 Å². The summed E-state index contributed by atoms with van der Waals surface area (Å²) in [4.78, 5) is 0.113.